The van der Waals surface area contributed by atoms with Crippen LogP contribution in [0.25, 0.3) is 16.7 Å². The quantitative estimate of drug-likeness (QED) is 0.329. The fourth-order valence-corrected chi connectivity index (χ4v) is 3.69. The Hall–Kier alpha value is -4.37. The number of ether oxygens (including phenoxy) is 1. The zero-order valence-corrected chi connectivity index (χ0v) is 18.5. The van der Waals surface area contributed by atoms with Gasteiger partial charge in [0.2, 0.25) is 0 Å². The molecule has 0 atom stereocenters. The molecule has 4 heterocycles. The number of methoxy groups -OCH3 is 1. The van der Waals surface area contributed by atoms with Gasteiger partial charge in [-0.3, -0.25) is 14.9 Å². The molecular weight excluding hydrogens is 432 g/mol. The summed E-state index contributed by atoms with van der Waals surface area (Å²) in [5.74, 6) is 0.618. The van der Waals surface area contributed by atoms with Crippen LogP contribution in [0, 0.1) is 0 Å². The fraction of sp³-hybridized carbons (Fsp3) is 0.160. The van der Waals surface area contributed by atoms with Gasteiger partial charge in [0.15, 0.2) is 5.69 Å². The molecule has 0 saturated carbocycles. The van der Waals surface area contributed by atoms with Crippen LogP contribution >= 0.6 is 0 Å². The number of nitrogens with zero attached hydrogens (tertiary/aromatic N) is 6. The SMILES string of the molecule is COc1ccc2cc(-n3cc(CN(Cc4ccccn4)Cc4ccccn4)nn3)c(=O)oc2c1. The van der Waals surface area contributed by atoms with E-state index in [1.807, 2.05) is 48.5 Å². The monoisotopic (exact) mass is 454 g/mol. The molecule has 0 N–H and O–H groups in total. The van der Waals surface area contributed by atoms with Gasteiger partial charge in [-0.25, -0.2) is 9.48 Å². The van der Waals surface area contributed by atoms with E-state index in [0.29, 0.717) is 36.7 Å². The van der Waals surface area contributed by atoms with Crippen LogP contribution in [0.5, 0.6) is 5.75 Å². The van der Waals surface area contributed by atoms with E-state index in [2.05, 4.69) is 25.2 Å². The number of benzene rings is 1. The maximum Gasteiger partial charge on any atom is 0.362 e. The van der Waals surface area contributed by atoms with Crippen molar-refractivity contribution >= 4 is 11.0 Å². The third-order valence-corrected chi connectivity index (χ3v) is 5.32. The molecule has 170 valence electrons. The Labute approximate surface area is 195 Å². The van der Waals surface area contributed by atoms with E-state index in [9.17, 15) is 4.79 Å². The van der Waals surface area contributed by atoms with E-state index in [4.69, 9.17) is 9.15 Å². The molecule has 0 aliphatic rings. The molecule has 9 nitrogen and oxygen atoms in total. The highest BCUT2D eigenvalue weighted by Crippen LogP contribution is 2.21. The molecular formula is C25H22N6O3. The van der Waals surface area contributed by atoms with E-state index < -0.39 is 5.63 Å². The fourth-order valence-electron chi connectivity index (χ4n) is 3.69. The molecule has 1 aromatic carbocycles. The van der Waals surface area contributed by atoms with Crippen LogP contribution in [0.2, 0.25) is 0 Å². The number of rotatable bonds is 8. The van der Waals surface area contributed by atoms with Crippen LogP contribution < -0.4 is 10.4 Å². The maximum absolute atomic E-state index is 12.6. The summed E-state index contributed by atoms with van der Waals surface area (Å²) < 4.78 is 12.1. The summed E-state index contributed by atoms with van der Waals surface area (Å²) in [6.07, 6.45) is 5.30. The lowest BCUT2D eigenvalue weighted by Gasteiger charge is -2.20. The van der Waals surface area contributed by atoms with Crippen molar-refractivity contribution in [1.82, 2.24) is 29.9 Å². The summed E-state index contributed by atoms with van der Waals surface area (Å²) in [6, 6.07) is 18.7. The molecule has 5 rings (SSSR count). The number of pyridine rings is 2. The molecule has 0 fully saturated rings. The summed E-state index contributed by atoms with van der Waals surface area (Å²) in [7, 11) is 1.57. The van der Waals surface area contributed by atoms with Crippen LogP contribution in [-0.4, -0.2) is 37.0 Å². The first-order valence-corrected chi connectivity index (χ1v) is 10.7. The van der Waals surface area contributed by atoms with Gasteiger partial charge in [-0.15, -0.1) is 5.10 Å². The van der Waals surface area contributed by atoms with Crippen LogP contribution in [0.15, 0.2) is 88.5 Å². The first kappa shape index (κ1) is 21.5. The molecule has 0 aliphatic heterocycles. The van der Waals surface area contributed by atoms with Gasteiger partial charge in [0.25, 0.3) is 0 Å². The van der Waals surface area contributed by atoms with E-state index >= 15 is 0 Å². The third kappa shape index (κ3) is 4.84. The molecule has 34 heavy (non-hydrogen) atoms. The Balaban J connectivity index is 1.40. The highest BCUT2D eigenvalue weighted by atomic mass is 16.5. The Kier molecular flexibility index (Phi) is 6.09. The lowest BCUT2D eigenvalue weighted by atomic mass is 10.2. The van der Waals surface area contributed by atoms with Gasteiger partial charge >= 0.3 is 5.63 Å². The first-order chi connectivity index (χ1) is 16.7. The summed E-state index contributed by atoms with van der Waals surface area (Å²) >= 11 is 0. The van der Waals surface area contributed by atoms with E-state index in [0.717, 1.165) is 16.8 Å². The van der Waals surface area contributed by atoms with Gasteiger partial charge in [-0.2, -0.15) is 0 Å². The van der Waals surface area contributed by atoms with E-state index in [-0.39, 0.29) is 5.69 Å². The number of aromatic nitrogens is 5. The molecule has 0 radical (unpaired) electrons. The number of hydrogen-bond donors (Lipinski definition) is 0. The third-order valence-electron chi connectivity index (χ3n) is 5.32. The zero-order chi connectivity index (χ0) is 23.3. The second-order valence-electron chi connectivity index (χ2n) is 7.76. The van der Waals surface area contributed by atoms with E-state index in [1.165, 1.54) is 4.68 Å². The van der Waals surface area contributed by atoms with Crippen molar-refractivity contribution in [1.29, 1.82) is 0 Å². The predicted molar refractivity (Wildman–Crippen MR) is 125 cm³/mol. The Morgan fingerprint density at radius 1 is 0.912 bits per heavy atom. The van der Waals surface area contributed by atoms with Gasteiger partial charge in [-0.1, -0.05) is 17.3 Å². The second-order valence-corrected chi connectivity index (χ2v) is 7.76. The van der Waals surface area contributed by atoms with Crippen LogP contribution in [0.3, 0.4) is 0 Å². The first-order valence-electron chi connectivity index (χ1n) is 10.7. The maximum atomic E-state index is 12.6. The minimum atomic E-state index is -0.504. The van der Waals surface area contributed by atoms with Gasteiger partial charge in [-0.05, 0) is 42.5 Å². The molecule has 0 saturated heterocycles. The molecule has 0 unspecified atom stereocenters. The average Bonchev–Trinajstić information content (AvgIpc) is 3.32. The highest BCUT2D eigenvalue weighted by molar-refractivity contribution is 5.79. The van der Waals surface area contributed by atoms with Crippen molar-refractivity contribution in [2.24, 2.45) is 0 Å². The number of fused-ring (bicyclic) bond motifs is 1. The zero-order valence-electron chi connectivity index (χ0n) is 18.5. The molecule has 0 amide bonds. The summed E-state index contributed by atoms with van der Waals surface area (Å²) in [5, 5.41) is 9.24. The smallest absolute Gasteiger partial charge is 0.362 e. The lowest BCUT2D eigenvalue weighted by molar-refractivity contribution is 0.238. The van der Waals surface area contributed by atoms with Crippen molar-refractivity contribution in [3.05, 3.63) is 107 Å². The molecule has 0 spiro atoms. The Morgan fingerprint density at radius 2 is 1.62 bits per heavy atom. The lowest BCUT2D eigenvalue weighted by Crippen LogP contribution is -2.23. The standard InChI is InChI=1S/C25H22N6O3/c1-33-22-9-8-18-12-23(25(32)34-24(18)13-22)31-17-21(28-29-31)16-30(14-19-6-2-4-10-26-19)15-20-7-3-5-11-27-20/h2-13,17H,14-16H2,1H3. The highest BCUT2D eigenvalue weighted by Gasteiger charge is 2.15. The van der Waals surface area contributed by atoms with Crippen molar-refractivity contribution in [2.45, 2.75) is 19.6 Å². The largest absolute Gasteiger partial charge is 0.497 e. The van der Waals surface area contributed by atoms with Crippen LogP contribution in [0.4, 0.5) is 0 Å². The second kappa shape index (κ2) is 9.63. The average molecular weight is 454 g/mol. The van der Waals surface area contributed by atoms with Gasteiger partial charge in [0.05, 0.1) is 30.4 Å². The van der Waals surface area contributed by atoms with Gasteiger partial charge < -0.3 is 9.15 Å². The summed E-state index contributed by atoms with van der Waals surface area (Å²) in [6.45, 7) is 1.73. The topological polar surface area (TPSA) is 99.2 Å². The van der Waals surface area contributed by atoms with Crippen molar-refractivity contribution < 1.29 is 9.15 Å². The van der Waals surface area contributed by atoms with E-state index in [1.54, 1.807) is 37.8 Å². The molecule has 4 aromatic heterocycles. The normalized spacial score (nSPS) is 11.2. The van der Waals surface area contributed by atoms with Crippen molar-refractivity contribution in [3.63, 3.8) is 0 Å². The van der Waals surface area contributed by atoms with Gasteiger partial charge in [0.1, 0.15) is 11.3 Å². The molecule has 0 aliphatic carbocycles. The van der Waals surface area contributed by atoms with Crippen molar-refractivity contribution in [2.75, 3.05) is 7.11 Å². The van der Waals surface area contributed by atoms with Crippen LogP contribution in [-0.2, 0) is 19.6 Å². The van der Waals surface area contributed by atoms with Gasteiger partial charge in [0, 0.05) is 43.5 Å². The molecule has 5 aromatic rings. The Morgan fingerprint density at radius 3 is 2.26 bits per heavy atom. The predicted octanol–water partition coefficient (Wildman–Crippen LogP) is 3.37. The minimum Gasteiger partial charge on any atom is -0.497 e. The van der Waals surface area contributed by atoms with Crippen LogP contribution in [0.1, 0.15) is 17.1 Å². The van der Waals surface area contributed by atoms with Crippen molar-refractivity contribution in [3.8, 4) is 11.4 Å². The summed E-state index contributed by atoms with van der Waals surface area (Å²) in [4.78, 5) is 23.7. The minimum absolute atomic E-state index is 0.289. The number of hydrogen-bond acceptors (Lipinski definition) is 8. The molecule has 0 bridgehead atoms. The summed E-state index contributed by atoms with van der Waals surface area (Å²) in [5.41, 5.74) is 2.83. The molecule has 9 heteroatoms. The Bertz CT molecular complexity index is 1410.